The lowest BCUT2D eigenvalue weighted by molar-refractivity contribution is -0.114. The fourth-order valence-electron chi connectivity index (χ4n) is 2.23. The fraction of sp³-hybridized carbons (Fsp3) is 0.111. The van der Waals surface area contributed by atoms with Gasteiger partial charge in [-0.2, -0.15) is 10.1 Å². The lowest BCUT2D eigenvalue weighted by Gasteiger charge is -2.09. The molecule has 0 bridgehead atoms. The van der Waals surface area contributed by atoms with Crippen LogP contribution in [0.2, 0.25) is 0 Å². The average molecular weight is 350 g/mol. The molecule has 0 fully saturated rings. The van der Waals surface area contributed by atoms with Crippen LogP contribution < -0.4 is 20.7 Å². The second-order valence-corrected chi connectivity index (χ2v) is 5.41. The number of carbonyl (C=O) groups is 1. The highest BCUT2D eigenvalue weighted by Gasteiger charge is 2.04. The third-order valence-corrected chi connectivity index (χ3v) is 3.36. The molecule has 0 atom stereocenters. The number of anilines is 5. The Morgan fingerprint density at radius 3 is 2.50 bits per heavy atom. The number of nitrogens with one attached hydrogen (secondary N) is 3. The summed E-state index contributed by atoms with van der Waals surface area (Å²) in [7, 11) is 1.62. The molecular weight excluding hydrogens is 332 g/mol. The average Bonchev–Trinajstić information content (AvgIpc) is 2.63. The Morgan fingerprint density at radius 1 is 1.00 bits per heavy atom. The molecule has 0 aliphatic carbocycles. The molecular formula is C18H18N6O2. The van der Waals surface area contributed by atoms with Crippen molar-refractivity contribution in [1.29, 1.82) is 0 Å². The lowest BCUT2D eigenvalue weighted by atomic mass is 10.3. The van der Waals surface area contributed by atoms with Crippen LogP contribution in [0.15, 0.2) is 54.7 Å². The molecule has 3 rings (SSSR count). The molecule has 8 nitrogen and oxygen atoms in total. The molecule has 3 N–H and O–H groups in total. The number of nitrogens with zero attached hydrogens (tertiary/aromatic N) is 3. The first-order valence-electron chi connectivity index (χ1n) is 7.88. The van der Waals surface area contributed by atoms with E-state index < -0.39 is 0 Å². The van der Waals surface area contributed by atoms with E-state index in [0.717, 1.165) is 22.8 Å². The molecule has 2 aromatic carbocycles. The normalized spacial score (nSPS) is 10.1. The standard InChI is InChI=1S/C18H18N6O2/c1-12(25)20-13-6-8-14(9-7-13)22-18-23-17(11-19-24-18)21-15-4-3-5-16(10-15)26-2/h3-11H,1-2H3,(H,20,25)(H2,21,22,23,24). The van der Waals surface area contributed by atoms with Gasteiger partial charge in [0.25, 0.3) is 0 Å². The topological polar surface area (TPSA) is 101 Å². The minimum Gasteiger partial charge on any atom is -0.497 e. The van der Waals surface area contributed by atoms with Gasteiger partial charge in [0, 0.05) is 30.1 Å². The maximum absolute atomic E-state index is 11.0. The minimum atomic E-state index is -0.116. The summed E-state index contributed by atoms with van der Waals surface area (Å²) in [5, 5.41) is 16.9. The second kappa shape index (κ2) is 7.93. The van der Waals surface area contributed by atoms with Crippen LogP contribution in [0.5, 0.6) is 5.75 Å². The van der Waals surface area contributed by atoms with Gasteiger partial charge < -0.3 is 20.7 Å². The lowest BCUT2D eigenvalue weighted by Crippen LogP contribution is -2.06. The van der Waals surface area contributed by atoms with E-state index in [1.54, 1.807) is 19.2 Å². The molecule has 1 aromatic heterocycles. The SMILES string of the molecule is COc1cccc(Nc2cnnc(Nc3ccc(NC(C)=O)cc3)n2)c1. The van der Waals surface area contributed by atoms with E-state index in [2.05, 4.69) is 31.1 Å². The molecule has 0 unspecified atom stereocenters. The quantitative estimate of drug-likeness (QED) is 0.627. The van der Waals surface area contributed by atoms with Crippen molar-refractivity contribution in [3.05, 3.63) is 54.7 Å². The number of hydrogen-bond acceptors (Lipinski definition) is 7. The van der Waals surface area contributed by atoms with Crippen LogP contribution in [0.25, 0.3) is 0 Å². The van der Waals surface area contributed by atoms with Crippen LogP contribution in [0.1, 0.15) is 6.92 Å². The summed E-state index contributed by atoms with van der Waals surface area (Å²) in [5.74, 6) is 1.53. The van der Waals surface area contributed by atoms with Crippen molar-refractivity contribution in [2.75, 3.05) is 23.1 Å². The summed E-state index contributed by atoms with van der Waals surface area (Å²) in [6.07, 6.45) is 1.53. The Labute approximate surface area is 150 Å². The molecule has 0 aliphatic heterocycles. The molecule has 0 spiro atoms. The highest BCUT2D eigenvalue weighted by atomic mass is 16.5. The predicted octanol–water partition coefficient (Wildman–Crippen LogP) is 3.33. The first kappa shape index (κ1) is 17.2. The van der Waals surface area contributed by atoms with E-state index in [1.807, 2.05) is 36.4 Å². The third-order valence-electron chi connectivity index (χ3n) is 3.36. The van der Waals surface area contributed by atoms with Gasteiger partial charge in [0.1, 0.15) is 5.75 Å². The maximum Gasteiger partial charge on any atom is 0.249 e. The van der Waals surface area contributed by atoms with Gasteiger partial charge in [-0.05, 0) is 36.4 Å². The molecule has 1 heterocycles. The van der Waals surface area contributed by atoms with Gasteiger partial charge in [0.2, 0.25) is 11.9 Å². The molecule has 26 heavy (non-hydrogen) atoms. The van der Waals surface area contributed by atoms with Crippen molar-refractivity contribution in [2.45, 2.75) is 6.92 Å². The van der Waals surface area contributed by atoms with E-state index in [9.17, 15) is 4.79 Å². The summed E-state index contributed by atoms with van der Waals surface area (Å²) >= 11 is 0. The van der Waals surface area contributed by atoms with Crippen LogP contribution in [0.3, 0.4) is 0 Å². The Balaban J connectivity index is 1.69. The van der Waals surface area contributed by atoms with Gasteiger partial charge in [0.15, 0.2) is 5.82 Å². The number of methoxy groups -OCH3 is 1. The highest BCUT2D eigenvalue weighted by Crippen LogP contribution is 2.21. The Morgan fingerprint density at radius 2 is 1.77 bits per heavy atom. The molecule has 0 saturated carbocycles. The number of aromatic nitrogens is 3. The third kappa shape index (κ3) is 4.67. The van der Waals surface area contributed by atoms with Crippen molar-refractivity contribution in [3.63, 3.8) is 0 Å². The van der Waals surface area contributed by atoms with Crippen LogP contribution in [-0.4, -0.2) is 28.2 Å². The summed E-state index contributed by atoms with van der Waals surface area (Å²) in [6.45, 7) is 1.46. The summed E-state index contributed by atoms with van der Waals surface area (Å²) in [6, 6.07) is 14.7. The number of benzene rings is 2. The minimum absolute atomic E-state index is 0.116. The molecule has 8 heteroatoms. The number of hydrogen-bond donors (Lipinski definition) is 3. The highest BCUT2D eigenvalue weighted by molar-refractivity contribution is 5.88. The van der Waals surface area contributed by atoms with Crippen molar-refractivity contribution >= 4 is 34.7 Å². The first-order chi connectivity index (χ1) is 12.6. The molecule has 1 amide bonds. The zero-order chi connectivity index (χ0) is 18.4. The summed E-state index contributed by atoms with van der Waals surface area (Å²) in [4.78, 5) is 15.4. The molecule has 0 aliphatic rings. The van der Waals surface area contributed by atoms with Crippen LogP contribution in [0, 0.1) is 0 Å². The van der Waals surface area contributed by atoms with Crippen LogP contribution >= 0.6 is 0 Å². The molecule has 0 saturated heterocycles. The van der Waals surface area contributed by atoms with E-state index in [1.165, 1.54) is 13.1 Å². The summed E-state index contributed by atoms with van der Waals surface area (Å²) in [5.41, 5.74) is 2.32. The van der Waals surface area contributed by atoms with Gasteiger partial charge >= 0.3 is 0 Å². The monoisotopic (exact) mass is 350 g/mol. The van der Waals surface area contributed by atoms with Gasteiger partial charge in [-0.15, -0.1) is 5.10 Å². The second-order valence-electron chi connectivity index (χ2n) is 5.41. The maximum atomic E-state index is 11.0. The van der Waals surface area contributed by atoms with Crippen molar-refractivity contribution in [3.8, 4) is 5.75 Å². The van der Waals surface area contributed by atoms with E-state index in [-0.39, 0.29) is 5.91 Å². The molecule has 132 valence electrons. The smallest absolute Gasteiger partial charge is 0.249 e. The number of carbonyl (C=O) groups excluding carboxylic acids is 1. The Hall–Kier alpha value is -3.68. The van der Waals surface area contributed by atoms with Crippen molar-refractivity contribution in [1.82, 2.24) is 15.2 Å². The van der Waals surface area contributed by atoms with Gasteiger partial charge in [0.05, 0.1) is 13.3 Å². The zero-order valence-electron chi connectivity index (χ0n) is 14.4. The zero-order valence-corrected chi connectivity index (χ0v) is 14.4. The van der Waals surface area contributed by atoms with Crippen LogP contribution in [-0.2, 0) is 4.79 Å². The van der Waals surface area contributed by atoms with E-state index in [4.69, 9.17) is 4.74 Å². The number of rotatable bonds is 6. The fourth-order valence-corrected chi connectivity index (χ4v) is 2.23. The Kier molecular flexibility index (Phi) is 5.23. The van der Waals surface area contributed by atoms with Crippen LogP contribution in [0.4, 0.5) is 28.8 Å². The van der Waals surface area contributed by atoms with Gasteiger partial charge in [-0.3, -0.25) is 4.79 Å². The van der Waals surface area contributed by atoms with Crippen molar-refractivity contribution in [2.24, 2.45) is 0 Å². The number of amides is 1. The van der Waals surface area contributed by atoms with Gasteiger partial charge in [-0.1, -0.05) is 6.07 Å². The van der Waals surface area contributed by atoms with Crippen molar-refractivity contribution < 1.29 is 9.53 Å². The van der Waals surface area contributed by atoms with E-state index >= 15 is 0 Å². The molecule has 3 aromatic rings. The predicted molar refractivity (Wildman–Crippen MR) is 100 cm³/mol. The molecule has 0 radical (unpaired) electrons. The number of ether oxygens (including phenoxy) is 1. The Bertz CT molecular complexity index is 898. The largest absolute Gasteiger partial charge is 0.497 e. The van der Waals surface area contributed by atoms with Gasteiger partial charge in [-0.25, -0.2) is 0 Å². The first-order valence-corrected chi connectivity index (χ1v) is 7.88. The van der Waals surface area contributed by atoms with E-state index in [0.29, 0.717) is 11.8 Å². The summed E-state index contributed by atoms with van der Waals surface area (Å²) < 4.78 is 5.20.